The fourth-order valence-electron chi connectivity index (χ4n) is 2.75. The molecule has 0 bridgehead atoms. The summed E-state index contributed by atoms with van der Waals surface area (Å²) in [4.78, 5) is 4.53. The van der Waals surface area contributed by atoms with Crippen LogP contribution in [-0.4, -0.2) is 31.3 Å². The molecule has 0 amide bonds. The van der Waals surface area contributed by atoms with Crippen molar-refractivity contribution in [2.24, 2.45) is 0 Å². The lowest BCUT2D eigenvalue weighted by molar-refractivity contribution is -0.101. The Balaban J connectivity index is 2.31. The molecule has 2 rings (SSSR count). The minimum atomic E-state index is -0.128. The summed E-state index contributed by atoms with van der Waals surface area (Å²) in [6.07, 6.45) is 6.27. The van der Waals surface area contributed by atoms with Gasteiger partial charge in [-0.2, -0.15) is 0 Å². The Morgan fingerprint density at radius 3 is 2.74 bits per heavy atom. The highest BCUT2D eigenvalue weighted by Crippen LogP contribution is 2.46. The average molecular weight is 264 g/mol. The molecule has 4 nitrogen and oxygen atoms in total. The zero-order chi connectivity index (χ0) is 13.7. The highest BCUT2D eigenvalue weighted by Gasteiger charge is 2.46. The van der Waals surface area contributed by atoms with Gasteiger partial charge in [0.1, 0.15) is 11.4 Å². The number of aromatic nitrogens is 1. The van der Waals surface area contributed by atoms with Crippen molar-refractivity contribution in [2.45, 2.75) is 44.2 Å². The van der Waals surface area contributed by atoms with E-state index < -0.39 is 0 Å². The van der Waals surface area contributed by atoms with Crippen LogP contribution in [0.2, 0.25) is 0 Å². The standard InChI is InChI=1S/C15H24N2O2/c1-4-10-17-14(15(19-3)8-6-9-15)13-12(18-2)7-5-11-16-13/h5,7,11,14,17H,4,6,8-10H2,1-3H3. The minimum Gasteiger partial charge on any atom is -0.495 e. The van der Waals surface area contributed by atoms with Crippen molar-refractivity contribution >= 4 is 0 Å². The van der Waals surface area contributed by atoms with E-state index in [0.717, 1.165) is 37.3 Å². The van der Waals surface area contributed by atoms with Gasteiger partial charge in [-0.3, -0.25) is 4.98 Å². The maximum atomic E-state index is 5.83. The molecule has 1 heterocycles. The summed E-state index contributed by atoms with van der Waals surface area (Å²) >= 11 is 0. The molecular formula is C15H24N2O2. The van der Waals surface area contributed by atoms with E-state index in [9.17, 15) is 0 Å². The van der Waals surface area contributed by atoms with Crippen molar-refractivity contribution in [3.05, 3.63) is 24.0 Å². The minimum absolute atomic E-state index is 0.0994. The molecule has 0 spiro atoms. The van der Waals surface area contributed by atoms with Gasteiger partial charge in [0, 0.05) is 13.3 Å². The molecule has 1 aromatic heterocycles. The smallest absolute Gasteiger partial charge is 0.142 e. The van der Waals surface area contributed by atoms with Crippen LogP contribution in [0.15, 0.2) is 18.3 Å². The maximum absolute atomic E-state index is 5.83. The quantitative estimate of drug-likeness (QED) is 0.822. The molecule has 1 aromatic rings. The van der Waals surface area contributed by atoms with E-state index in [0.29, 0.717) is 0 Å². The van der Waals surface area contributed by atoms with E-state index >= 15 is 0 Å². The fourth-order valence-corrected chi connectivity index (χ4v) is 2.75. The first-order chi connectivity index (χ1) is 9.27. The number of pyridine rings is 1. The molecule has 1 unspecified atom stereocenters. The van der Waals surface area contributed by atoms with Gasteiger partial charge in [-0.15, -0.1) is 0 Å². The van der Waals surface area contributed by atoms with Crippen LogP contribution in [0, 0.1) is 0 Å². The molecule has 106 valence electrons. The summed E-state index contributed by atoms with van der Waals surface area (Å²) < 4.78 is 11.3. The lowest BCUT2D eigenvalue weighted by Crippen LogP contribution is -2.51. The largest absolute Gasteiger partial charge is 0.495 e. The van der Waals surface area contributed by atoms with Crippen molar-refractivity contribution in [3.8, 4) is 5.75 Å². The van der Waals surface area contributed by atoms with Crippen molar-refractivity contribution < 1.29 is 9.47 Å². The Hall–Kier alpha value is -1.13. The maximum Gasteiger partial charge on any atom is 0.142 e. The van der Waals surface area contributed by atoms with Gasteiger partial charge in [0.2, 0.25) is 0 Å². The number of hydrogen-bond donors (Lipinski definition) is 1. The molecule has 4 heteroatoms. The molecule has 1 atom stereocenters. The van der Waals surface area contributed by atoms with Crippen LogP contribution in [-0.2, 0) is 4.74 Å². The predicted octanol–water partition coefficient (Wildman–Crippen LogP) is 2.70. The molecule has 0 aliphatic heterocycles. The van der Waals surface area contributed by atoms with Gasteiger partial charge in [-0.1, -0.05) is 6.92 Å². The van der Waals surface area contributed by atoms with Crippen LogP contribution in [0.4, 0.5) is 0 Å². The summed E-state index contributed by atoms with van der Waals surface area (Å²) in [5.41, 5.74) is 0.830. The lowest BCUT2D eigenvalue weighted by Gasteiger charge is -2.46. The Kier molecular flexibility index (Phi) is 4.77. The highest BCUT2D eigenvalue weighted by atomic mass is 16.5. The first-order valence-electron chi connectivity index (χ1n) is 7.05. The molecule has 1 fully saturated rings. The van der Waals surface area contributed by atoms with Gasteiger partial charge in [0.15, 0.2) is 0 Å². The zero-order valence-corrected chi connectivity index (χ0v) is 12.1. The Morgan fingerprint density at radius 1 is 1.42 bits per heavy atom. The second kappa shape index (κ2) is 6.35. The van der Waals surface area contributed by atoms with Gasteiger partial charge in [-0.25, -0.2) is 0 Å². The molecule has 1 aliphatic carbocycles. The van der Waals surface area contributed by atoms with E-state index in [4.69, 9.17) is 9.47 Å². The van der Waals surface area contributed by atoms with Gasteiger partial charge in [0.05, 0.1) is 18.8 Å². The second-order valence-corrected chi connectivity index (χ2v) is 5.10. The number of methoxy groups -OCH3 is 2. The summed E-state index contributed by atoms with van der Waals surface area (Å²) in [6, 6.07) is 3.96. The average Bonchev–Trinajstić information content (AvgIpc) is 2.41. The third-order valence-electron chi connectivity index (χ3n) is 4.02. The second-order valence-electron chi connectivity index (χ2n) is 5.10. The molecule has 0 radical (unpaired) electrons. The van der Waals surface area contributed by atoms with E-state index in [2.05, 4.69) is 17.2 Å². The van der Waals surface area contributed by atoms with Crippen LogP contribution >= 0.6 is 0 Å². The number of ether oxygens (including phenoxy) is 2. The number of nitrogens with zero attached hydrogens (tertiary/aromatic N) is 1. The van der Waals surface area contributed by atoms with Gasteiger partial charge >= 0.3 is 0 Å². The highest BCUT2D eigenvalue weighted by molar-refractivity contribution is 5.32. The van der Waals surface area contributed by atoms with Crippen LogP contribution < -0.4 is 10.1 Å². The molecule has 1 N–H and O–H groups in total. The Bertz CT molecular complexity index is 399. The molecule has 0 saturated heterocycles. The molecule has 1 aliphatic rings. The third-order valence-corrected chi connectivity index (χ3v) is 4.02. The normalized spacial score (nSPS) is 18.7. The van der Waals surface area contributed by atoms with Gasteiger partial charge in [0.25, 0.3) is 0 Å². The summed E-state index contributed by atoms with van der Waals surface area (Å²) in [5, 5.41) is 3.59. The number of hydrogen-bond acceptors (Lipinski definition) is 4. The Labute approximate surface area is 115 Å². The summed E-state index contributed by atoms with van der Waals surface area (Å²) in [5.74, 6) is 0.833. The van der Waals surface area contributed by atoms with E-state index in [1.54, 1.807) is 14.2 Å². The van der Waals surface area contributed by atoms with Crippen LogP contribution in [0.25, 0.3) is 0 Å². The van der Waals surface area contributed by atoms with Crippen LogP contribution in [0.1, 0.15) is 44.3 Å². The number of rotatable bonds is 7. The van der Waals surface area contributed by atoms with Crippen molar-refractivity contribution in [1.82, 2.24) is 10.3 Å². The zero-order valence-electron chi connectivity index (χ0n) is 12.1. The SMILES string of the molecule is CCCNC(c1ncccc1OC)C1(OC)CCC1. The topological polar surface area (TPSA) is 43.4 Å². The van der Waals surface area contributed by atoms with Crippen molar-refractivity contribution in [3.63, 3.8) is 0 Å². The van der Waals surface area contributed by atoms with E-state index in [-0.39, 0.29) is 11.6 Å². The van der Waals surface area contributed by atoms with Crippen molar-refractivity contribution in [2.75, 3.05) is 20.8 Å². The summed E-state index contributed by atoms with van der Waals surface area (Å²) in [6.45, 7) is 3.12. The molecule has 19 heavy (non-hydrogen) atoms. The molecular weight excluding hydrogens is 240 g/mol. The lowest BCUT2D eigenvalue weighted by atomic mass is 9.73. The van der Waals surface area contributed by atoms with Crippen LogP contribution in [0.3, 0.4) is 0 Å². The van der Waals surface area contributed by atoms with Crippen molar-refractivity contribution in [1.29, 1.82) is 0 Å². The van der Waals surface area contributed by atoms with E-state index in [1.807, 2.05) is 18.3 Å². The molecule has 1 saturated carbocycles. The number of nitrogens with one attached hydrogen (secondary N) is 1. The van der Waals surface area contributed by atoms with Crippen LogP contribution in [0.5, 0.6) is 5.75 Å². The Morgan fingerprint density at radius 2 is 2.21 bits per heavy atom. The fraction of sp³-hybridized carbons (Fsp3) is 0.667. The predicted molar refractivity (Wildman–Crippen MR) is 75.4 cm³/mol. The first-order valence-corrected chi connectivity index (χ1v) is 7.05. The van der Waals surface area contributed by atoms with Gasteiger partial charge < -0.3 is 14.8 Å². The third kappa shape index (κ3) is 2.74. The summed E-state index contributed by atoms with van der Waals surface area (Å²) in [7, 11) is 3.49. The first kappa shape index (κ1) is 14.3. The monoisotopic (exact) mass is 264 g/mol. The van der Waals surface area contributed by atoms with E-state index in [1.165, 1.54) is 6.42 Å². The van der Waals surface area contributed by atoms with Gasteiger partial charge in [-0.05, 0) is 44.4 Å². The molecule has 0 aromatic carbocycles.